The van der Waals surface area contributed by atoms with E-state index < -0.39 is 317 Å². The number of nitrogens with zero attached hydrogens (tertiary/aromatic N) is 1. The van der Waals surface area contributed by atoms with Gasteiger partial charge in [0.2, 0.25) is 53.2 Å². The van der Waals surface area contributed by atoms with Crippen LogP contribution in [0.5, 0.6) is 11.5 Å². The lowest BCUT2D eigenvalue weighted by atomic mass is 9.96. The van der Waals surface area contributed by atoms with Gasteiger partial charge in [-0.05, 0) is 82.9 Å². The Kier molecular flexibility index (Phi) is 46.8. The molecule has 0 aliphatic carbocycles. The zero-order valence-electron chi connectivity index (χ0n) is 78.4. The van der Waals surface area contributed by atoms with E-state index in [1.807, 2.05) is 0 Å². The van der Waals surface area contributed by atoms with Crippen molar-refractivity contribution >= 4 is 94.8 Å². The van der Waals surface area contributed by atoms with Crippen molar-refractivity contribution in [1.82, 2.24) is 52.8 Å². The molecule has 4 aliphatic heterocycles. The van der Waals surface area contributed by atoms with E-state index in [1.165, 1.54) is 43.3 Å². The Balaban J connectivity index is 1.50. The molecule has 0 spiro atoms. The molecule has 0 bridgehead atoms. The minimum absolute atomic E-state index is 0.0880. The number of phenols is 2. The molecular formula is C89H133N11O37. The van der Waals surface area contributed by atoms with Crippen molar-refractivity contribution < 1.29 is 180 Å². The van der Waals surface area contributed by atoms with Crippen LogP contribution in [0.1, 0.15) is 177 Å². The number of nitrogens with two attached hydrogens (primary N) is 1. The highest BCUT2D eigenvalue weighted by Crippen LogP contribution is 2.34. The van der Waals surface area contributed by atoms with Crippen LogP contribution in [0.25, 0.3) is 0 Å². The molecule has 0 saturated carbocycles. The molecule has 11 amide bonds. The molecule has 137 heavy (non-hydrogen) atoms. The summed E-state index contributed by atoms with van der Waals surface area (Å²) in [6.07, 6.45) is -28.9. The van der Waals surface area contributed by atoms with Gasteiger partial charge >= 0.3 is 29.8 Å². The smallest absolute Gasteiger partial charge is 0.329 e. The van der Waals surface area contributed by atoms with Crippen molar-refractivity contribution in [2.75, 3.05) is 33.4 Å². The summed E-state index contributed by atoms with van der Waals surface area (Å²) < 4.78 is 64.1. The SMILES string of the molecule is C/C=C1\NC(=O)[C@@H](Cc2ccc(O)cc2)NC(=O)[C@@H]([C@@H](C)O)NC(=O)C(NC(=O)C(NC(=O)C(O)C(CCCCCCCCCCCCC)O[C@@H]2OC[C@@H](O)[C@@H](O[C@@H]3O[C@H](CO)[C@@H](O)[C@H](O)[C@H]3NC(C)=O)[C@@H]2O)C(C)O)C(C)OC(=O)[C@H](Cc2ccc(O)cc2)NC(=O)C(C(C)O[C@H]2O[C@H](COC(C)=O)[C@@H](OC(C)=O)[C@H](OC(C)=O)[C@@H]2OC(C)=O)N(C)C(=O)CNC(=O)[C@@H](CCC(N)=O)NC1=O. The van der Waals surface area contributed by atoms with E-state index in [2.05, 4.69) is 54.8 Å². The molecule has 4 saturated heterocycles. The lowest BCUT2D eigenvalue weighted by Gasteiger charge is -2.46. The van der Waals surface area contributed by atoms with Crippen LogP contribution in [0, 0.1) is 0 Å². The van der Waals surface area contributed by atoms with Crippen molar-refractivity contribution in [3.05, 3.63) is 71.4 Å². The van der Waals surface area contributed by atoms with Crippen LogP contribution in [0.2, 0.25) is 0 Å². The summed E-state index contributed by atoms with van der Waals surface area (Å²) in [4.78, 5) is 227. The fourth-order valence-corrected chi connectivity index (χ4v) is 15.5. The molecule has 8 unspecified atom stereocenters. The first-order valence-corrected chi connectivity index (χ1v) is 45.3. The van der Waals surface area contributed by atoms with Crippen LogP contribution < -0.4 is 53.6 Å². The van der Waals surface area contributed by atoms with E-state index in [4.69, 9.17) is 57.8 Å². The van der Waals surface area contributed by atoms with Gasteiger partial charge in [-0.2, -0.15) is 0 Å². The number of phenolic OH excluding ortho intramolecular Hbond substituents is 2. The number of likely N-dealkylation sites (N-methyl/N-ethyl adjacent to an activating group) is 1. The van der Waals surface area contributed by atoms with Crippen molar-refractivity contribution in [1.29, 1.82) is 0 Å². The normalized spacial score (nSPS) is 28.6. The molecule has 4 aliphatic rings. The van der Waals surface area contributed by atoms with Gasteiger partial charge in [-0.3, -0.25) is 71.9 Å². The Labute approximate surface area is 790 Å². The average molecular weight is 1950 g/mol. The van der Waals surface area contributed by atoms with E-state index in [9.17, 15) is 109 Å². The molecule has 766 valence electrons. The van der Waals surface area contributed by atoms with Gasteiger partial charge in [0.15, 0.2) is 43.3 Å². The summed E-state index contributed by atoms with van der Waals surface area (Å²) in [6, 6.07) is -6.77. The molecule has 27 atom stereocenters. The number of hydrogen-bond acceptors (Lipinski definition) is 37. The summed E-state index contributed by atoms with van der Waals surface area (Å²) in [7, 11) is 0.965. The Morgan fingerprint density at radius 2 is 1.16 bits per heavy atom. The van der Waals surface area contributed by atoms with Gasteiger partial charge in [-0.1, -0.05) is 108 Å². The molecular weight excluding hydrogens is 1820 g/mol. The number of rotatable bonds is 40. The maximum atomic E-state index is 15.8. The first-order valence-electron chi connectivity index (χ1n) is 45.3. The lowest BCUT2D eigenvalue weighted by molar-refractivity contribution is -0.339. The Hall–Kier alpha value is -11.3. The zero-order chi connectivity index (χ0) is 102. The van der Waals surface area contributed by atoms with Crippen LogP contribution in [-0.2, 0) is 142 Å². The van der Waals surface area contributed by atoms with Crippen molar-refractivity contribution in [3.63, 3.8) is 0 Å². The van der Waals surface area contributed by atoms with Crippen LogP contribution in [0.15, 0.2) is 60.3 Å². The van der Waals surface area contributed by atoms with Crippen LogP contribution in [-0.4, -0.2) is 349 Å². The highest BCUT2D eigenvalue weighted by molar-refractivity contribution is 6.03. The number of benzene rings is 2. The van der Waals surface area contributed by atoms with E-state index in [1.54, 1.807) is 0 Å². The molecule has 2 aromatic rings. The second-order valence-electron chi connectivity index (χ2n) is 34.0. The van der Waals surface area contributed by atoms with Gasteiger partial charge in [0.25, 0.3) is 11.8 Å². The molecule has 21 N–H and O–H groups in total. The number of allylic oxidation sites excluding steroid dienone is 1. The fourth-order valence-electron chi connectivity index (χ4n) is 15.5. The number of esters is 5. The molecule has 4 fully saturated rings. The standard InChI is InChI=1S/C89H133N11O37/c1-13-15-16-17-18-19-20-21-22-23-24-25-60(134-88-73(117)74(59(111)40-128-88)137-87-68(92-46(7)104)72(116)70(114)61(39-101)135-87)71(115)85(125)98-66(43(4)103)82(122)99-67-44(5)129-86(126)58(37-52-28-32-54(110)33-29-52)96-84(124)69(45(6)130-89-77(133-50(11)108)76(132-49(10)107)75(131-48(9)106)62(136-89)41-127-47(8)105)100(12)64(113)38-91-78(118)56(34-35-63(90)112)94-79(119)55(14-2)93-80(120)57(36-51-26-30-53(109)31-27-51)95-81(121)65(42(3)102)97-83(67)123/h14,26-33,42-45,56-62,65-77,87-89,101-103,109-111,114-117H,13,15-25,34-41H2,1-12H3,(H2,90,112)(H,91,118)(H,92,104)(H,93,120)(H,94,119)(H,95,121)(H,96,124)(H,97,123)(H,98,125)(H,99,122)/b55-14-/t42-,43?,44?,45?,56-,57-,58+,59-,60?,61-,62-,65-,66?,67?,68-,69?,70-,71?,72-,73+,74-,75-,76+,77+,87+,88+,89+/m1/s1. The first-order chi connectivity index (χ1) is 64.7. The number of ether oxygens (including phenoxy) is 11. The molecule has 4 heterocycles. The molecule has 6 rings (SSSR count). The van der Waals surface area contributed by atoms with Gasteiger partial charge in [-0.25, -0.2) is 4.79 Å². The number of nitrogens with one attached hydrogen (secondary N) is 9. The number of amides is 11. The van der Waals surface area contributed by atoms with Crippen molar-refractivity contribution in [2.24, 2.45) is 5.73 Å². The Bertz CT molecular complexity index is 4410. The van der Waals surface area contributed by atoms with Crippen molar-refractivity contribution in [3.8, 4) is 11.5 Å². The van der Waals surface area contributed by atoms with Crippen LogP contribution in [0.3, 0.4) is 0 Å². The minimum atomic E-state index is -2.47. The second-order valence-corrected chi connectivity index (χ2v) is 34.0. The van der Waals surface area contributed by atoms with Gasteiger partial charge in [0.05, 0.1) is 44.2 Å². The summed E-state index contributed by atoms with van der Waals surface area (Å²) in [5, 5.41) is 132. The lowest BCUT2D eigenvalue weighted by Crippen LogP contribution is -2.67. The maximum Gasteiger partial charge on any atom is 0.329 e. The number of aliphatic hydroxyl groups excluding tert-OH is 8. The average Bonchev–Trinajstić information content (AvgIpc) is 0.796. The highest BCUT2D eigenvalue weighted by atomic mass is 16.8. The van der Waals surface area contributed by atoms with E-state index in [0.717, 1.165) is 139 Å². The predicted molar refractivity (Wildman–Crippen MR) is 470 cm³/mol. The predicted octanol–water partition coefficient (Wildman–Crippen LogP) is -4.93. The van der Waals surface area contributed by atoms with Crippen LogP contribution >= 0.6 is 0 Å². The highest BCUT2D eigenvalue weighted by Gasteiger charge is 2.56. The number of unbranched alkanes of at least 4 members (excludes halogenated alkanes) is 10. The maximum absolute atomic E-state index is 15.8. The third-order valence-electron chi connectivity index (χ3n) is 22.8. The number of aromatic hydroxyl groups is 2. The third kappa shape index (κ3) is 35.6. The van der Waals surface area contributed by atoms with Gasteiger partial charge in [0.1, 0.15) is 121 Å². The topological polar surface area (TPSA) is 714 Å². The quantitative estimate of drug-likeness (QED) is 0.0129. The second kappa shape index (κ2) is 56.0. The number of hydrogen-bond donors (Lipinski definition) is 20. The molecule has 48 heteroatoms. The molecule has 0 radical (unpaired) electrons. The number of carbonyl (C=O) groups excluding carboxylic acids is 16. The number of aliphatic hydroxyl groups is 8. The minimum Gasteiger partial charge on any atom is -0.508 e. The molecule has 0 aromatic heterocycles. The Morgan fingerprint density at radius 3 is 1.70 bits per heavy atom. The molecule has 2 aromatic carbocycles. The van der Waals surface area contributed by atoms with Gasteiger partial charge < -0.3 is 162 Å². The van der Waals surface area contributed by atoms with Gasteiger partial charge in [-0.15, -0.1) is 0 Å². The van der Waals surface area contributed by atoms with E-state index in [-0.39, 0.29) is 35.5 Å². The summed E-state index contributed by atoms with van der Waals surface area (Å²) in [5.74, 6) is -20.5. The first kappa shape index (κ1) is 114. The van der Waals surface area contributed by atoms with E-state index >= 15 is 19.2 Å². The zero-order valence-corrected chi connectivity index (χ0v) is 78.4. The van der Waals surface area contributed by atoms with Crippen molar-refractivity contribution in [2.45, 2.75) is 344 Å². The van der Waals surface area contributed by atoms with Gasteiger partial charge in [0, 0.05) is 60.9 Å². The third-order valence-corrected chi connectivity index (χ3v) is 22.8. The largest absolute Gasteiger partial charge is 0.508 e. The number of carbonyl (C=O) groups is 16. The fraction of sp³-hybridized carbons (Fsp3) is 0.663. The summed E-state index contributed by atoms with van der Waals surface area (Å²) >= 11 is 0. The van der Waals surface area contributed by atoms with Crippen LogP contribution in [0.4, 0.5) is 0 Å². The molecule has 48 nitrogen and oxygen atoms in total. The number of cyclic esters (lactones) is 1. The van der Waals surface area contributed by atoms with E-state index in [0.29, 0.717) is 17.7 Å². The number of primary amides is 1. The monoisotopic (exact) mass is 1950 g/mol. The Morgan fingerprint density at radius 1 is 0.606 bits per heavy atom. The summed E-state index contributed by atoms with van der Waals surface area (Å²) in [5.41, 5.74) is 5.15. The summed E-state index contributed by atoms with van der Waals surface area (Å²) in [6.45, 7) is 8.62.